The van der Waals surface area contributed by atoms with E-state index >= 15 is 0 Å². The zero-order chi connectivity index (χ0) is 16.7. The number of hydrogen-bond donors (Lipinski definition) is 2. The molecule has 1 aromatic heterocycles. The third-order valence-electron chi connectivity index (χ3n) is 3.29. The lowest BCUT2D eigenvalue weighted by Crippen LogP contribution is -2.25. The monoisotopic (exact) mass is 317 g/mol. The van der Waals surface area contributed by atoms with E-state index in [1.807, 2.05) is 0 Å². The van der Waals surface area contributed by atoms with Gasteiger partial charge < -0.3 is 19.6 Å². The molecule has 0 unspecified atom stereocenters. The number of hydrogen-bond acceptors (Lipinski definition) is 5. The van der Waals surface area contributed by atoms with Crippen LogP contribution < -0.4 is 10.9 Å². The van der Waals surface area contributed by atoms with Crippen molar-refractivity contribution < 1.29 is 19.1 Å². The van der Waals surface area contributed by atoms with Crippen LogP contribution in [0.5, 0.6) is 5.75 Å². The summed E-state index contributed by atoms with van der Waals surface area (Å²) >= 11 is 0. The van der Waals surface area contributed by atoms with E-state index in [9.17, 15) is 14.7 Å². The molecule has 0 saturated carbocycles. The number of carbonyl (C=O) groups is 1. The molecule has 2 aromatic rings. The first-order valence-electron chi connectivity index (χ1n) is 7.37. The Morgan fingerprint density at radius 2 is 2.17 bits per heavy atom. The van der Waals surface area contributed by atoms with Crippen LogP contribution in [0.1, 0.15) is 18.4 Å². The fraction of sp³-hybridized carbons (Fsp3) is 0.294. The van der Waals surface area contributed by atoms with Crippen molar-refractivity contribution in [3.8, 4) is 5.75 Å². The molecule has 0 saturated heterocycles. The Labute approximate surface area is 133 Å². The average Bonchev–Trinajstić information content (AvgIpc) is 2.51. The quantitative estimate of drug-likeness (QED) is 0.465. The van der Waals surface area contributed by atoms with E-state index in [0.29, 0.717) is 18.5 Å². The molecule has 0 aliphatic heterocycles. The van der Waals surface area contributed by atoms with Crippen molar-refractivity contribution >= 4 is 17.1 Å². The zero-order valence-corrected chi connectivity index (χ0v) is 12.7. The van der Waals surface area contributed by atoms with Gasteiger partial charge in [-0.2, -0.15) is 0 Å². The number of benzene rings is 1. The van der Waals surface area contributed by atoms with Gasteiger partial charge in [-0.1, -0.05) is 12.7 Å². The Morgan fingerprint density at radius 1 is 1.35 bits per heavy atom. The fourth-order valence-corrected chi connectivity index (χ4v) is 2.24. The number of fused-ring (bicyclic) bond motifs is 1. The largest absolute Gasteiger partial charge is 0.508 e. The number of aryl methyl sites for hydroxylation is 1. The summed E-state index contributed by atoms with van der Waals surface area (Å²) in [6, 6.07) is 6.18. The Balaban J connectivity index is 1.89. The van der Waals surface area contributed by atoms with Crippen LogP contribution in [-0.2, 0) is 11.2 Å². The second-order valence-electron chi connectivity index (χ2n) is 5.04. The van der Waals surface area contributed by atoms with E-state index in [4.69, 9.17) is 9.15 Å². The van der Waals surface area contributed by atoms with Crippen molar-refractivity contribution in [2.75, 3.05) is 13.2 Å². The molecule has 23 heavy (non-hydrogen) atoms. The highest BCUT2D eigenvalue weighted by molar-refractivity contribution is 5.81. The molecule has 122 valence electrons. The van der Waals surface area contributed by atoms with Gasteiger partial charge in [-0.25, -0.2) is 9.59 Å². The smallest absolute Gasteiger partial charge is 0.407 e. The number of rotatable bonds is 7. The highest BCUT2D eigenvalue weighted by atomic mass is 16.5. The van der Waals surface area contributed by atoms with Gasteiger partial charge in [0.1, 0.15) is 17.9 Å². The summed E-state index contributed by atoms with van der Waals surface area (Å²) in [6.45, 7) is 4.14. The molecule has 0 radical (unpaired) electrons. The maximum atomic E-state index is 11.6. The fourth-order valence-electron chi connectivity index (χ4n) is 2.24. The SMILES string of the molecule is C=CCOC(=O)NCCCCc1cc(=O)oc2cc(O)ccc12. The normalized spacial score (nSPS) is 10.4. The van der Waals surface area contributed by atoms with Gasteiger partial charge in [0, 0.05) is 24.1 Å². The standard InChI is InChI=1S/C17H19NO5/c1-2-9-22-17(21)18-8-4-3-5-12-10-16(20)23-15-11-13(19)6-7-14(12)15/h2,6-7,10-11,19H,1,3-5,8-9H2,(H,18,21). The van der Waals surface area contributed by atoms with E-state index < -0.39 is 11.7 Å². The number of carbonyl (C=O) groups excluding carboxylic acids is 1. The Hall–Kier alpha value is -2.76. The number of ether oxygens (including phenoxy) is 1. The Kier molecular flexibility index (Phi) is 5.80. The third kappa shape index (κ3) is 4.88. The van der Waals surface area contributed by atoms with Crippen molar-refractivity contribution in [1.29, 1.82) is 0 Å². The minimum atomic E-state index is -0.466. The molecule has 0 fully saturated rings. The first-order valence-corrected chi connectivity index (χ1v) is 7.37. The lowest BCUT2D eigenvalue weighted by atomic mass is 10.0. The van der Waals surface area contributed by atoms with E-state index in [0.717, 1.165) is 23.8 Å². The van der Waals surface area contributed by atoms with Crippen molar-refractivity contribution in [2.24, 2.45) is 0 Å². The minimum Gasteiger partial charge on any atom is -0.508 e. The van der Waals surface area contributed by atoms with E-state index in [2.05, 4.69) is 11.9 Å². The van der Waals surface area contributed by atoms with Crippen molar-refractivity contribution in [1.82, 2.24) is 5.32 Å². The number of phenols is 1. The molecule has 0 spiro atoms. The highest BCUT2D eigenvalue weighted by Crippen LogP contribution is 2.22. The number of unbranched alkanes of at least 4 members (excludes halogenated alkanes) is 1. The lowest BCUT2D eigenvalue weighted by Gasteiger charge is -2.07. The molecular weight excluding hydrogens is 298 g/mol. The van der Waals surface area contributed by atoms with Crippen LogP contribution >= 0.6 is 0 Å². The first-order chi connectivity index (χ1) is 11.1. The van der Waals surface area contributed by atoms with Crippen LogP contribution in [0.15, 0.2) is 46.1 Å². The summed E-state index contributed by atoms with van der Waals surface area (Å²) in [5.41, 5.74) is 0.799. The number of phenolic OH excluding ortho intramolecular Hbond substituents is 1. The second kappa shape index (κ2) is 8.03. The number of nitrogens with one attached hydrogen (secondary N) is 1. The maximum Gasteiger partial charge on any atom is 0.407 e. The summed E-state index contributed by atoms with van der Waals surface area (Å²) in [4.78, 5) is 22.8. The molecule has 6 heteroatoms. The topological polar surface area (TPSA) is 88.8 Å². The molecule has 1 amide bonds. The first kappa shape index (κ1) is 16.6. The van der Waals surface area contributed by atoms with E-state index in [1.165, 1.54) is 18.2 Å². The summed E-state index contributed by atoms with van der Waals surface area (Å²) in [5.74, 6) is 0.0556. The predicted octanol–water partition coefficient (Wildman–Crippen LogP) is 2.73. The Bertz CT molecular complexity index is 750. The summed E-state index contributed by atoms with van der Waals surface area (Å²) in [7, 11) is 0. The van der Waals surface area contributed by atoms with Crippen LogP contribution in [0.3, 0.4) is 0 Å². The van der Waals surface area contributed by atoms with Gasteiger partial charge in [0.15, 0.2) is 0 Å². The molecule has 0 bridgehead atoms. The molecule has 1 heterocycles. The van der Waals surface area contributed by atoms with Crippen molar-refractivity contribution in [3.63, 3.8) is 0 Å². The van der Waals surface area contributed by atoms with Gasteiger partial charge in [0.05, 0.1) is 0 Å². The number of amides is 1. The molecule has 6 nitrogen and oxygen atoms in total. The number of aromatic hydroxyl groups is 1. The predicted molar refractivity (Wildman–Crippen MR) is 86.6 cm³/mol. The minimum absolute atomic E-state index is 0.0556. The van der Waals surface area contributed by atoms with E-state index in [1.54, 1.807) is 12.1 Å². The second-order valence-corrected chi connectivity index (χ2v) is 5.04. The zero-order valence-electron chi connectivity index (χ0n) is 12.7. The summed E-state index contributed by atoms with van der Waals surface area (Å²) in [6.07, 6.45) is 3.26. The van der Waals surface area contributed by atoms with Crippen LogP contribution in [0.2, 0.25) is 0 Å². The van der Waals surface area contributed by atoms with Gasteiger partial charge in [-0.05, 0) is 37.0 Å². The van der Waals surface area contributed by atoms with Crippen LogP contribution in [0, 0.1) is 0 Å². The maximum absolute atomic E-state index is 11.6. The summed E-state index contributed by atoms with van der Waals surface area (Å²) < 4.78 is 9.88. The molecule has 1 aromatic carbocycles. The van der Waals surface area contributed by atoms with Crippen LogP contribution in [-0.4, -0.2) is 24.4 Å². The van der Waals surface area contributed by atoms with Crippen LogP contribution in [0.25, 0.3) is 11.0 Å². The van der Waals surface area contributed by atoms with Crippen molar-refractivity contribution in [2.45, 2.75) is 19.3 Å². The van der Waals surface area contributed by atoms with E-state index in [-0.39, 0.29) is 12.4 Å². The molecule has 2 rings (SSSR count). The van der Waals surface area contributed by atoms with Gasteiger partial charge in [-0.15, -0.1) is 0 Å². The van der Waals surface area contributed by atoms with Gasteiger partial charge in [0.2, 0.25) is 0 Å². The molecule has 0 aliphatic carbocycles. The lowest BCUT2D eigenvalue weighted by molar-refractivity contribution is 0.158. The molecule has 2 N–H and O–H groups in total. The van der Waals surface area contributed by atoms with Gasteiger partial charge in [0.25, 0.3) is 0 Å². The third-order valence-corrected chi connectivity index (χ3v) is 3.29. The molecular formula is C17H19NO5. The number of alkyl carbamates (subject to hydrolysis) is 1. The van der Waals surface area contributed by atoms with Gasteiger partial charge in [-0.3, -0.25) is 0 Å². The van der Waals surface area contributed by atoms with Crippen molar-refractivity contribution in [3.05, 3.63) is 52.9 Å². The molecule has 0 atom stereocenters. The molecule has 0 aliphatic rings. The van der Waals surface area contributed by atoms with Gasteiger partial charge >= 0.3 is 11.7 Å². The Morgan fingerprint density at radius 3 is 2.96 bits per heavy atom. The summed E-state index contributed by atoms with van der Waals surface area (Å²) in [5, 5.41) is 12.9. The van der Waals surface area contributed by atoms with Crippen LogP contribution in [0.4, 0.5) is 4.79 Å². The average molecular weight is 317 g/mol. The highest BCUT2D eigenvalue weighted by Gasteiger charge is 2.07.